The first-order valence-electron chi connectivity index (χ1n) is 7.10. The molecule has 21 heavy (non-hydrogen) atoms. The number of hydrogen-bond donors (Lipinski definition) is 2. The van der Waals surface area contributed by atoms with E-state index in [9.17, 15) is 4.79 Å². The number of nitrogens with zero attached hydrogens (tertiary/aromatic N) is 1. The predicted octanol–water partition coefficient (Wildman–Crippen LogP) is 2.31. The highest BCUT2D eigenvalue weighted by molar-refractivity contribution is 6.34. The third-order valence-corrected chi connectivity index (χ3v) is 4.15. The van der Waals surface area contributed by atoms with Gasteiger partial charge in [0.25, 0.3) is 0 Å². The standard InChI is InChI=1S/C15H21ClN2O3/c1-21-15(20)12-7-11(17)8-13(16)14(12)18-5-2-3-10(9-18)4-6-19/h7-8,10,19H,2-6,9,17H2,1H3. The van der Waals surface area contributed by atoms with Crippen LogP contribution in [0, 0.1) is 5.92 Å². The summed E-state index contributed by atoms with van der Waals surface area (Å²) in [5.41, 5.74) is 7.30. The number of anilines is 2. The molecule has 6 heteroatoms. The molecule has 0 amide bonds. The molecule has 3 N–H and O–H groups in total. The second-order valence-electron chi connectivity index (χ2n) is 5.36. The fraction of sp³-hybridized carbons (Fsp3) is 0.533. The number of methoxy groups -OCH3 is 1. The Morgan fingerprint density at radius 1 is 1.57 bits per heavy atom. The molecule has 5 nitrogen and oxygen atoms in total. The van der Waals surface area contributed by atoms with Crippen LogP contribution in [0.15, 0.2) is 12.1 Å². The third kappa shape index (κ3) is 3.60. The van der Waals surface area contributed by atoms with E-state index in [0.29, 0.717) is 27.9 Å². The van der Waals surface area contributed by atoms with Gasteiger partial charge in [-0.2, -0.15) is 0 Å². The maximum atomic E-state index is 12.0. The summed E-state index contributed by atoms with van der Waals surface area (Å²) in [4.78, 5) is 14.1. The van der Waals surface area contributed by atoms with Crippen LogP contribution in [0.4, 0.5) is 11.4 Å². The molecule has 0 spiro atoms. The van der Waals surface area contributed by atoms with Crippen LogP contribution in [-0.4, -0.2) is 37.9 Å². The van der Waals surface area contributed by atoms with Gasteiger partial charge in [-0.15, -0.1) is 0 Å². The van der Waals surface area contributed by atoms with Gasteiger partial charge in [-0.1, -0.05) is 11.6 Å². The second-order valence-corrected chi connectivity index (χ2v) is 5.76. The van der Waals surface area contributed by atoms with Crippen LogP contribution in [0.2, 0.25) is 5.02 Å². The lowest BCUT2D eigenvalue weighted by molar-refractivity contribution is 0.0601. The summed E-state index contributed by atoms with van der Waals surface area (Å²) in [7, 11) is 1.34. The van der Waals surface area contributed by atoms with E-state index in [2.05, 4.69) is 4.90 Å². The van der Waals surface area contributed by atoms with Gasteiger partial charge in [-0.3, -0.25) is 0 Å². The van der Waals surface area contributed by atoms with E-state index in [1.54, 1.807) is 12.1 Å². The van der Waals surface area contributed by atoms with Gasteiger partial charge in [0, 0.05) is 25.4 Å². The zero-order valence-electron chi connectivity index (χ0n) is 12.1. The van der Waals surface area contributed by atoms with E-state index < -0.39 is 5.97 Å². The van der Waals surface area contributed by atoms with Crippen molar-refractivity contribution in [1.82, 2.24) is 0 Å². The number of aliphatic hydroxyl groups is 1. The number of rotatable bonds is 4. The van der Waals surface area contributed by atoms with Gasteiger partial charge in [0.05, 0.1) is 23.4 Å². The van der Waals surface area contributed by atoms with Crippen molar-refractivity contribution in [2.24, 2.45) is 5.92 Å². The van der Waals surface area contributed by atoms with Crippen molar-refractivity contribution >= 4 is 28.9 Å². The van der Waals surface area contributed by atoms with Gasteiger partial charge in [-0.05, 0) is 37.3 Å². The van der Waals surface area contributed by atoms with E-state index in [0.717, 1.165) is 32.4 Å². The van der Waals surface area contributed by atoms with Gasteiger partial charge in [-0.25, -0.2) is 4.79 Å². The lowest BCUT2D eigenvalue weighted by Gasteiger charge is -2.35. The Bertz CT molecular complexity index is 520. The van der Waals surface area contributed by atoms with Crippen molar-refractivity contribution in [3.8, 4) is 0 Å². The van der Waals surface area contributed by atoms with Gasteiger partial charge >= 0.3 is 5.97 Å². The Labute approximate surface area is 129 Å². The number of carbonyl (C=O) groups excluding carboxylic acids is 1. The van der Waals surface area contributed by atoms with Crippen molar-refractivity contribution in [1.29, 1.82) is 0 Å². The average molecular weight is 313 g/mol. The Morgan fingerprint density at radius 3 is 3.00 bits per heavy atom. The maximum absolute atomic E-state index is 12.0. The van der Waals surface area contributed by atoms with Gasteiger partial charge in [0.1, 0.15) is 0 Å². The Morgan fingerprint density at radius 2 is 2.33 bits per heavy atom. The summed E-state index contributed by atoms with van der Waals surface area (Å²) < 4.78 is 4.83. The molecule has 1 heterocycles. The molecule has 0 aliphatic carbocycles. The summed E-state index contributed by atoms with van der Waals surface area (Å²) >= 11 is 6.32. The van der Waals surface area contributed by atoms with E-state index in [-0.39, 0.29) is 6.61 Å². The highest BCUT2D eigenvalue weighted by Gasteiger charge is 2.26. The smallest absolute Gasteiger partial charge is 0.340 e. The minimum absolute atomic E-state index is 0.178. The number of nitrogens with two attached hydrogens (primary N) is 1. The predicted molar refractivity (Wildman–Crippen MR) is 83.8 cm³/mol. The number of carbonyl (C=O) groups is 1. The van der Waals surface area contributed by atoms with Gasteiger partial charge in [0.2, 0.25) is 0 Å². The van der Waals surface area contributed by atoms with Crippen molar-refractivity contribution in [2.75, 3.05) is 37.4 Å². The minimum atomic E-state index is -0.441. The SMILES string of the molecule is COC(=O)c1cc(N)cc(Cl)c1N1CCCC(CCO)C1. The van der Waals surface area contributed by atoms with E-state index in [1.807, 2.05) is 0 Å². The molecule has 1 unspecified atom stereocenters. The number of ether oxygens (including phenoxy) is 1. The molecule has 0 radical (unpaired) electrons. The zero-order valence-corrected chi connectivity index (χ0v) is 12.9. The van der Waals surface area contributed by atoms with Crippen LogP contribution < -0.4 is 10.6 Å². The number of halogens is 1. The van der Waals surface area contributed by atoms with Crippen molar-refractivity contribution in [3.05, 3.63) is 22.7 Å². The molecule has 1 saturated heterocycles. The summed E-state index contributed by atoms with van der Waals surface area (Å²) in [5.74, 6) is -0.0358. The monoisotopic (exact) mass is 312 g/mol. The van der Waals surface area contributed by atoms with Crippen LogP contribution in [0.25, 0.3) is 0 Å². The molecule has 1 atom stereocenters. The topological polar surface area (TPSA) is 75.8 Å². The molecule has 1 aromatic rings. The molecular formula is C15H21ClN2O3. The van der Waals surface area contributed by atoms with E-state index in [1.165, 1.54) is 7.11 Å². The molecule has 0 aromatic heterocycles. The summed E-state index contributed by atoms with van der Waals surface area (Å²) in [6.45, 7) is 1.78. The molecule has 1 aliphatic heterocycles. The molecule has 0 bridgehead atoms. The second kappa shape index (κ2) is 7.00. The fourth-order valence-electron chi connectivity index (χ4n) is 2.89. The quantitative estimate of drug-likeness (QED) is 0.659. The molecular weight excluding hydrogens is 292 g/mol. The first kappa shape index (κ1) is 15.9. The fourth-order valence-corrected chi connectivity index (χ4v) is 3.24. The van der Waals surface area contributed by atoms with Gasteiger partial charge < -0.3 is 20.5 Å². The number of nitrogen functional groups attached to an aromatic ring is 1. The maximum Gasteiger partial charge on any atom is 0.340 e. The Balaban J connectivity index is 2.35. The number of benzene rings is 1. The number of aliphatic hydroxyl groups excluding tert-OH is 1. The zero-order chi connectivity index (χ0) is 15.4. The number of esters is 1. The molecule has 116 valence electrons. The van der Waals surface area contributed by atoms with Crippen LogP contribution in [0.3, 0.4) is 0 Å². The lowest BCUT2D eigenvalue weighted by Crippen LogP contribution is -2.37. The van der Waals surface area contributed by atoms with Crippen LogP contribution >= 0.6 is 11.6 Å². The molecule has 1 fully saturated rings. The molecule has 1 aliphatic rings. The number of hydrogen-bond acceptors (Lipinski definition) is 5. The highest BCUT2D eigenvalue weighted by Crippen LogP contribution is 2.36. The Hall–Kier alpha value is -1.46. The third-order valence-electron chi connectivity index (χ3n) is 3.86. The summed E-state index contributed by atoms with van der Waals surface area (Å²) in [6.07, 6.45) is 2.85. The molecule has 1 aromatic carbocycles. The van der Waals surface area contributed by atoms with Crippen molar-refractivity contribution in [3.63, 3.8) is 0 Å². The average Bonchev–Trinajstić information content (AvgIpc) is 2.46. The first-order chi connectivity index (χ1) is 10.1. The van der Waals surface area contributed by atoms with E-state index >= 15 is 0 Å². The van der Waals surface area contributed by atoms with Crippen molar-refractivity contribution < 1.29 is 14.6 Å². The van der Waals surface area contributed by atoms with Crippen LogP contribution in [0.5, 0.6) is 0 Å². The highest BCUT2D eigenvalue weighted by atomic mass is 35.5. The summed E-state index contributed by atoms with van der Waals surface area (Å²) in [5, 5.41) is 9.57. The number of piperidine rings is 1. The van der Waals surface area contributed by atoms with Crippen LogP contribution in [0.1, 0.15) is 29.6 Å². The molecule has 2 rings (SSSR count). The van der Waals surface area contributed by atoms with E-state index in [4.69, 9.17) is 27.2 Å². The van der Waals surface area contributed by atoms with Gasteiger partial charge in [0.15, 0.2) is 0 Å². The Kier molecular flexibility index (Phi) is 5.31. The lowest BCUT2D eigenvalue weighted by atomic mass is 9.94. The van der Waals surface area contributed by atoms with Crippen molar-refractivity contribution in [2.45, 2.75) is 19.3 Å². The minimum Gasteiger partial charge on any atom is -0.465 e. The normalized spacial score (nSPS) is 18.6. The largest absolute Gasteiger partial charge is 0.465 e. The first-order valence-corrected chi connectivity index (χ1v) is 7.47. The molecule has 0 saturated carbocycles. The van der Waals surface area contributed by atoms with Crippen LogP contribution in [-0.2, 0) is 4.74 Å². The summed E-state index contributed by atoms with van der Waals surface area (Å²) in [6, 6.07) is 3.25.